The Bertz CT molecular complexity index is 755. The number of allylic oxidation sites excluding steroid dienone is 1. The molecule has 0 aromatic rings. The molecule has 0 aromatic heterocycles. The fourth-order valence-electron chi connectivity index (χ4n) is 8.42. The van der Waals surface area contributed by atoms with Crippen LogP contribution in [0.3, 0.4) is 0 Å². The van der Waals surface area contributed by atoms with Gasteiger partial charge in [-0.05, 0) is 73.0 Å². The van der Waals surface area contributed by atoms with Gasteiger partial charge in [-0.2, -0.15) is 0 Å². The molecule has 0 amide bonds. The van der Waals surface area contributed by atoms with Crippen molar-refractivity contribution in [3.63, 3.8) is 0 Å². The normalized spacial score (nSPS) is 50.1. The van der Waals surface area contributed by atoms with E-state index >= 15 is 0 Å². The SMILES string of the molecule is CC(C)CCC[C@@H](C)C1CCC2C34C=CC5(C[C@@H](O)CC[C@]5(C)C3=CC[C@]12C)OO4. The number of hydrogen-bond donors (Lipinski definition) is 1. The molecular weight excluding hydrogens is 372 g/mol. The molecule has 8 atom stereocenters. The van der Waals surface area contributed by atoms with Gasteiger partial charge in [0.15, 0.2) is 0 Å². The van der Waals surface area contributed by atoms with Gasteiger partial charge in [0.05, 0.1) is 6.10 Å². The summed E-state index contributed by atoms with van der Waals surface area (Å²) in [5.41, 5.74) is 0.802. The zero-order valence-electron chi connectivity index (χ0n) is 19.7. The Balaban J connectivity index is 1.45. The molecule has 2 heterocycles. The Kier molecular flexibility index (Phi) is 4.90. The fourth-order valence-corrected chi connectivity index (χ4v) is 8.42. The molecule has 6 aliphatic rings. The highest BCUT2D eigenvalue weighted by Crippen LogP contribution is 2.71. The Morgan fingerprint density at radius 2 is 1.87 bits per heavy atom. The molecular formula is C27H42O3. The third kappa shape index (κ3) is 2.67. The van der Waals surface area contributed by atoms with Crippen molar-refractivity contribution in [2.45, 2.75) is 110 Å². The summed E-state index contributed by atoms with van der Waals surface area (Å²) in [6.45, 7) is 12.1. The first-order valence-corrected chi connectivity index (χ1v) is 12.6. The smallest absolute Gasteiger partial charge is 0.147 e. The highest BCUT2D eigenvalue weighted by Gasteiger charge is 2.71. The van der Waals surface area contributed by atoms with Crippen LogP contribution >= 0.6 is 0 Å². The highest BCUT2D eigenvalue weighted by molar-refractivity contribution is 5.48. The lowest BCUT2D eigenvalue weighted by Crippen LogP contribution is -2.69. The third-order valence-corrected chi connectivity index (χ3v) is 10.2. The second kappa shape index (κ2) is 6.93. The van der Waals surface area contributed by atoms with Gasteiger partial charge >= 0.3 is 0 Å². The van der Waals surface area contributed by atoms with E-state index in [0.717, 1.165) is 30.6 Å². The molecule has 0 aromatic carbocycles. The zero-order valence-corrected chi connectivity index (χ0v) is 19.7. The topological polar surface area (TPSA) is 38.7 Å². The van der Waals surface area contributed by atoms with Crippen molar-refractivity contribution in [3.05, 3.63) is 23.8 Å². The van der Waals surface area contributed by atoms with Crippen LogP contribution < -0.4 is 0 Å². The average molecular weight is 415 g/mol. The Morgan fingerprint density at radius 3 is 2.57 bits per heavy atom. The molecule has 0 radical (unpaired) electrons. The summed E-state index contributed by atoms with van der Waals surface area (Å²) in [6.07, 6.45) is 17.1. The van der Waals surface area contributed by atoms with Crippen LogP contribution in [-0.2, 0) is 9.78 Å². The molecule has 1 N–H and O–H groups in total. The molecule has 4 aliphatic carbocycles. The first kappa shape index (κ1) is 21.2. The van der Waals surface area contributed by atoms with Crippen molar-refractivity contribution in [1.82, 2.24) is 0 Å². The largest absolute Gasteiger partial charge is 0.393 e. The van der Waals surface area contributed by atoms with Gasteiger partial charge in [0.2, 0.25) is 0 Å². The van der Waals surface area contributed by atoms with Gasteiger partial charge in [-0.15, -0.1) is 0 Å². The van der Waals surface area contributed by atoms with Crippen LogP contribution in [0, 0.1) is 34.5 Å². The van der Waals surface area contributed by atoms with E-state index in [0.29, 0.717) is 12.3 Å². The molecule has 2 aliphatic heterocycles. The molecule has 6 rings (SSSR count). The minimum absolute atomic E-state index is 0.0540. The van der Waals surface area contributed by atoms with E-state index in [4.69, 9.17) is 9.78 Å². The zero-order chi connectivity index (χ0) is 21.4. The van der Waals surface area contributed by atoms with Gasteiger partial charge in [-0.3, -0.25) is 0 Å². The van der Waals surface area contributed by atoms with Crippen LogP contribution in [0.5, 0.6) is 0 Å². The van der Waals surface area contributed by atoms with Gasteiger partial charge in [0.25, 0.3) is 0 Å². The maximum absolute atomic E-state index is 10.4. The number of rotatable bonds is 5. The molecule has 4 unspecified atom stereocenters. The molecule has 2 bridgehead atoms. The second-order valence-corrected chi connectivity index (χ2v) is 12.3. The van der Waals surface area contributed by atoms with Crippen LogP contribution in [0.2, 0.25) is 0 Å². The van der Waals surface area contributed by atoms with Gasteiger partial charge in [-0.25, -0.2) is 9.78 Å². The monoisotopic (exact) mass is 414 g/mol. The van der Waals surface area contributed by atoms with E-state index in [1.165, 1.54) is 44.1 Å². The molecule has 1 saturated heterocycles. The van der Waals surface area contributed by atoms with E-state index in [-0.39, 0.29) is 16.9 Å². The van der Waals surface area contributed by atoms with Crippen LogP contribution in [0.1, 0.15) is 92.4 Å². The van der Waals surface area contributed by atoms with Crippen molar-refractivity contribution >= 4 is 0 Å². The van der Waals surface area contributed by atoms with E-state index < -0.39 is 11.2 Å². The first-order chi connectivity index (χ1) is 14.2. The van der Waals surface area contributed by atoms with Crippen LogP contribution in [-0.4, -0.2) is 22.4 Å². The van der Waals surface area contributed by atoms with Gasteiger partial charge < -0.3 is 5.11 Å². The summed E-state index contributed by atoms with van der Waals surface area (Å²) in [5, 5.41) is 10.4. The van der Waals surface area contributed by atoms with Gasteiger partial charge in [-0.1, -0.05) is 60.0 Å². The molecule has 3 heteroatoms. The Labute approximate surface area is 183 Å². The summed E-state index contributed by atoms with van der Waals surface area (Å²) in [6, 6.07) is 0. The first-order valence-electron chi connectivity index (χ1n) is 12.6. The molecule has 3 fully saturated rings. The van der Waals surface area contributed by atoms with Crippen molar-refractivity contribution in [1.29, 1.82) is 0 Å². The van der Waals surface area contributed by atoms with Crippen molar-refractivity contribution in [2.24, 2.45) is 34.5 Å². The summed E-state index contributed by atoms with van der Waals surface area (Å²) < 4.78 is 0. The number of hydrogen-bond acceptors (Lipinski definition) is 3. The lowest BCUT2D eigenvalue weighted by Gasteiger charge is -2.66. The molecule has 168 valence electrons. The predicted molar refractivity (Wildman–Crippen MR) is 120 cm³/mol. The van der Waals surface area contributed by atoms with E-state index in [1.54, 1.807) is 0 Å². The average Bonchev–Trinajstić information content (AvgIpc) is 3.05. The van der Waals surface area contributed by atoms with E-state index in [9.17, 15) is 5.11 Å². The predicted octanol–water partition coefficient (Wildman–Crippen LogP) is 6.37. The van der Waals surface area contributed by atoms with E-state index in [1.807, 2.05) is 0 Å². The summed E-state index contributed by atoms with van der Waals surface area (Å²) in [5.74, 6) is 2.81. The van der Waals surface area contributed by atoms with Crippen LogP contribution in [0.25, 0.3) is 0 Å². The maximum atomic E-state index is 10.4. The van der Waals surface area contributed by atoms with Crippen LogP contribution in [0.15, 0.2) is 23.8 Å². The lowest BCUT2D eigenvalue weighted by atomic mass is 9.46. The minimum atomic E-state index is -0.492. The molecule has 2 saturated carbocycles. The second-order valence-electron chi connectivity index (χ2n) is 12.3. The quantitative estimate of drug-likeness (QED) is 0.419. The highest BCUT2D eigenvalue weighted by atomic mass is 17.2. The summed E-state index contributed by atoms with van der Waals surface area (Å²) >= 11 is 0. The molecule has 2 spiro atoms. The number of aliphatic hydroxyl groups is 1. The van der Waals surface area contributed by atoms with Crippen LogP contribution in [0.4, 0.5) is 0 Å². The molecule has 30 heavy (non-hydrogen) atoms. The Hall–Kier alpha value is -0.640. The maximum Gasteiger partial charge on any atom is 0.147 e. The lowest BCUT2D eigenvalue weighted by molar-refractivity contribution is -0.455. The third-order valence-electron chi connectivity index (χ3n) is 10.2. The minimum Gasteiger partial charge on any atom is -0.393 e. The Morgan fingerprint density at radius 1 is 1.07 bits per heavy atom. The standard InChI is InChI=1S/C27H42O3/c1-18(2)7-6-8-19(3)21-9-10-22-24(21,4)13-12-23-25(5)14-11-20(28)17-26(25)15-16-27(22,23)30-29-26/h12,15-16,18-22,28H,6-11,13-14,17H2,1-5H3/t19-,20+,21?,22?,24-,25-,26?,27?/m1/s1. The van der Waals surface area contributed by atoms with Gasteiger partial charge in [0.1, 0.15) is 11.2 Å². The molecule has 3 nitrogen and oxygen atoms in total. The van der Waals surface area contributed by atoms with Gasteiger partial charge in [0, 0.05) is 17.8 Å². The number of fused-ring (bicyclic) bond motifs is 2. The van der Waals surface area contributed by atoms with E-state index in [2.05, 4.69) is 52.8 Å². The van der Waals surface area contributed by atoms with Crippen molar-refractivity contribution in [2.75, 3.05) is 0 Å². The van der Waals surface area contributed by atoms with Crippen molar-refractivity contribution < 1.29 is 14.9 Å². The number of aliphatic hydroxyl groups excluding tert-OH is 1. The van der Waals surface area contributed by atoms with Crippen molar-refractivity contribution in [3.8, 4) is 0 Å². The summed E-state index contributed by atoms with van der Waals surface area (Å²) in [4.78, 5) is 12.7. The fraction of sp³-hybridized carbons (Fsp3) is 0.852. The summed E-state index contributed by atoms with van der Waals surface area (Å²) in [7, 11) is 0.